The summed E-state index contributed by atoms with van der Waals surface area (Å²) in [6.07, 6.45) is 2.25. The van der Waals surface area contributed by atoms with Crippen LogP contribution in [0.2, 0.25) is 0 Å². The third-order valence-electron chi connectivity index (χ3n) is 4.18. The molecule has 1 amide bonds. The van der Waals surface area contributed by atoms with E-state index in [1.54, 1.807) is 0 Å². The second-order valence-corrected chi connectivity index (χ2v) is 6.96. The Balaban J connectivity index is 1.81. The molecule has 0 unspecified atom stereocenters. The summed E-state index contributed by atoms with van der Waals surface area (Å²) < 4.78 is 3.36. The van der Waals surface area contributed by atoms with E-state index in [2.05, 4.69) is 56.1 Å². The zero-order valence-corrected chi connectivity index (χ0v) is 15.9. The number of nitrogens with zero attached hydrogens (tertiary/aromatic N) is 2. The number of fused-ring (bicyclic) bond motifs is 1. The Labute approximate surface area is 156 Å². The van der Waals surface area contributed by atoms with Gasteiger partial charge in [-0.05, 0) is 36.2 Å². The fraction of sp³-hybridized carbons (Fsp3) is 0.300. The molecule has 4 nitrogen and oxygen atoms in total. The van der Waals surface area contributed by atoms with Gasteiger partial charge >= 0.3 is 0 Å². The van der Waals surface area contributed by atoms with E-state index in [-0.39, 0.29) is 5.91 Å². The molecule has 0 aliphatic carbocycles. The predicted octanol–water partition coefficient (Wildman–Crippen LogP) is 4.31. The predicted molar refractivity (Wildman–Crippen MR) is 105 cm³/mol. The minimum atomic E-state index is 0.0997. The Bertz CT molecular complexity index is 872. The minimum Gasteiger partial charge on any atom is -0.356 e. The van der Waals surface area contributed by atoms with Crippen molar-refractivity contribution in [1.29, 1.82) is 0 Å². The van der Waals surface area contributed by atoms with Gasteiger partial charge in [0.25, 0.3) is 0 Å². The number of amides is 1. The highest BCUT2D eigenvalue weighted by atomic mass is 79.9. The van der Waals surface area contributed by atoms with Gasteiger partial charge in [0.1, 0.15) is 5.82 Å². The number of hydrogen-bond acceptors (Lipinski definition) is 2. The van der Waals surface area contributed by atoms with Crippen molar-refractivity contribution in [3.63, 3.8) is 0 Å². The number of halogens is 1. The van der Waals surface area contributed by atoms with E-state index in [1.807, 2.05) is 25.1 Å². The lowest BCUT2D eigenvalue weighted by atomic mass is 10.2. The molecule has 5 heteroatoms. The van der Waals surface area contributed by atoms with Crippen molar-refractivity contribution in [2.45, 2.75) is 32.7 Å². The van der Waals surface area contributed by atoms with Gasteiger partial charge in [-0.3, -0.25) is 4.79 Å². The van der Waals surface area contributed by atoms with Gasteiger partial charge in [-0.2, -0.15) is 0 Å². The van der Waals surface area contributed by atoms with Crippen LogP contribution in [0.3, 0.4) is 0 Å². The molecule has 1 heterocycles. The van der Waals surface area contributed by atoms with Crippen molar-refractivity contribution in [2.75, 3.05) is 6.54 Å². The molecule has 0 atom stereocenters. The average molecular weight is 400 g/mol. The average Bonchev–Trinajstić information content (AvgIpc) is 2.96. The molecule has 3 aromatic rings. The number of aromatic nitrogens is 2. The van der Waals surface area contributed by atoms with Crippen LogP contribution in [-0.2, 0) is 17.8 Å². The lowest BCUT2D eigenvalue weighted by Gasteiger charge is -2.10. The van der Waals surface area contributed by atoms with Crippen molar-refractivity contribution < 1.29 is 4.79 Å². The number of carbonyl (C=O) groups is 1. The molecule has 0 bridgehead atoms. The highest BCUT2D eigenvalue weighted by Crippen LogP contribution is 2.20. The zero-order chi connectivity index (χ0) is 17.6. The maximum Gasteiger partial charge on any atom is 0.219 e. The number of aryl methyl sites for hydroxylation is 1. The number of imidazole rings is 1. The fourth-order valence-corrected chi connectivity index (χ4v) is 3.36. The van der Waals surface area contributed by atoms with Gasteiger partial charge in [0.05, 0.1) is 11.0 Å². The number of para-hydroxylation sites is 2. The first kappa shape index (κ1) is 17.7. The minimum absolute atomic E-state index is 0.0997. The van der Waals surface area contributed by atoms with Gasteiger partial charge in [0.2, 0.25) is 5.91 Å². The van der Waals surface area contributed by atoms with Crippen LogP contribution < -0.4 is 5.32 Å². The second-order valence-electron chi connectivity index (χ2n) is 6.04. The first-order valence-corrected chi connectivity index (χ1v) is 9.42. The van der Waals surface area contributed by atoms with Crippen LogP contribution in [0.15, 0.2) is 53.0 Å². The van der Waals surface area contributed by atoms with Crippen LogP contribution in [0.5, 0.6) is 0 Å². The summed E-state index contributed by atoms with van der Waals surface area (Å²) in [7, 11) is 0. The van der Waals surface area contributed by atoms with Crippen LogP contribution in [0.1, 0.15) is 31.2 Å². The number of rotatable bonds is 7. The van der Waals surface area contributed by atoms with E-state index >= 15 is 0 Å². The van der Waals surface area contributed by atoms with Crippen molar-refractivity contribution in [3.8, 4) is 0 Å². The molecule has 0 radical (unpaired) electrons. The monoisotopic (exact) mass is 399 g/mol. The van der Waals surface area contributed by atoms with Crippen LogP contribution >= 0.6 is 15.9 Å². The SMILES string of the molecule is CCC(=O)NCCCc1nc2ccccc2n1Cc1cccc(Br)c1. The molecule has 3 rings (SSSR count). The largest absolute Gasteiger partial charge is 0.356 e. The molecule has 0 fully saturated rings. The topological polar surface area (TPSA) is 46.9 Å². The Kier molecular flexibility index (Phi) is 5.87. The van der Waals surface area contributed by atoms with Gasteiger partial charge in [-0.15, -0.1) is 0 Å². The van der Waals surface area contributed by atoms with Gasteiger partial charge < -0.3 is 9.88 Å². The summed E-state index contributed by atoms with van der Waals surface area (Å²) in [4.78, 5) is 16.2. The maximum absolute atomic E-state index is 11.4. The van der Waals surface area contributed by atoms with Crippen molar-refractivity contribution in [1.82, 2.24) is 14.9 Å². The zero-order valence-electron chi connectivity index (χ0n) is 14.3. The molecular weight excluding hydrogens is 378 g/mol. The van der Waals surface area contributed by atoms with E-state index in [1.165, 1.54) is 5.56 Å². The van der Waals surface area contributed by atoms with E-state index in [4.69, 9.17) is 4.98 Å². The van der Waals surface area contributed by atoms with Crippen LogP contribution in [0.4, 0.5) is 0 Å². The Morgan fingerprint density at radius 1 is 1.20 bits per heavy atom. The third-order valence-corrected chi connectivity index (χ3v) is 4.68. The van der Waals surface area contributed by atoms with Gasteiger partial charge in [-0.1, -0.05) is 47.1 Å². The molecule has 0 saturated heterocycles. The third kappa shape index (κ3) is 4.48. The first-order chi connectivity index (χ1) is 12.2. The van der Waals surface area contributed by atoms with Gasteiger partial charge in [-0.25, -0.2) is 4.98 Å². The highest BCUT2D eigenvalue weighted by molar-refractivity contribution is 9.10. The summed E-state index contributed by atoms with van der Waals surface area (Å²) in [6.45, 7) is 3.34. The van der Waals surface area contributed by atoms with Gasteiger partial charge in [0.15, 0.2) is 0 Å². The Hall–Kier alpha value is -2.14. The number of benzene rings is 2. The number of hydrogen-bond donors (Lipinski definition) is 1. The summed E-state index contributed by atoms with van der Waals surface area (Å²) >= 11 is 3.54. The number of carbonyl (C=O) groups excluding carboxylic acids is 1. The second kappa shape index (κ2) is 8.30. The fourth-order valence-electron chi connectivity index (χ4n) is 2.91. The van der Waals surface area contributed by atoms with Crippen molar-refractivity contribution >= 4 is 32.9 Å². The lowest BCUT2D eigenvalue weighted by molar-refractivity contribution is -0.120. The lowest BCUT2D eigenvalue weighted by Crippen LogP contribution is -2.23. The molecule has 0 spiro atoms. The number of nitrogens with one attached hydrogen (secondary N) is 1. The van der Waals surface area contributed by atoms with Crippen LogP contribution in [0.25, 0.3) is 11.0 Å². The van der Waals surface area contributed by atoms with Crippen molar-refractivity contribution in [2.24, 2.45) is 0 Å². The van der Waals surface area contributed by atoms with E-state index in [0.717, 1.165) is 40.7 Å². The molecular formula is C20H22BrN3O. The van der Waals surface area contributed by atoms with Crippen LogP contribution in [0, 0.1) is 0 Å². The summed E-state index contributed by atoms with van der Waals surface area (Å²) in [5.74, 6) is 1.16. The van der Waals surface area contributed by atoms with E-state index in [9.17, 15) is 4.79 Å². The molecule has 2 aromatic carbocycles. The highest BCUT2D eigenvalue weighted by Gasteiger charge is 2.11. The molecule has 1 aromatic heterocycles. The summed E-state index contributed by atoms with van der Waals surface area (Å²) in [6, 6.07) is 16.6. The molecule has 0 aliphatic heterocycles. The first-order valence-electron chi connectivity index (χ1n) is 8.62. The maximum atomic E-state index is 11.4. The normalized spacial score (nSPS) is 11.0. The molecule has 0 aliphatic rings. The standard InChI is InChI=1S/C20H22BrN3O/c1-2-20(25)22-12-6-11-19-23-17-9-3-4-10-18(17)24(19)14-15-7-5-8-16(21)13-15/h3-5,7-10,13H,2,6,11-12,14H2,1H3,(H,22,25). The smallest absolute Gasteiger partial charge is 0.219 e. The molecule has 1 N–H and O–H groups in total. The van der Waals surface area contributed by atoms with Gasteiger partial charge in [0, 0.05) is 30.4 Å². The Morgan fingerprint density at radius 2 is 2.04 bits per heavy atom. The molecule has 0 saturated carbocycles. The molecule has 130 valence electrons. The summed E-state index contributed by atoms with van der Waals surface area (Å²) in [5.41, 5.74) is 3.40. The van der Waals surface area contributed by atoms with E-state index in [0.29, 0.717) is 13.0 Å². The summed E-state index contributed by atoms with van der Waals surface area (Å²) in [5, 5.41) is 2.93. The Morgan fingerprint density at radius 3 is 2.84 bits per heavy atom. The molecule has 25 heavy (non-hydrogen) atoms. The van der Waals surface area contributed by atoms with E-state index < -0.39 is 0 Å². The quantitative estimate of drug-likeness (QED) is 0.601. The van der Waals surface area contributed by atoms with Crippen molar-refractivity contribution in [3.05, 3.63) is 64.4 Å². The van der Waals surface area contributed by atoms with Crippen LogP contribution in [-0.4, -0.2) is 22.0 Å².